The molecule has 0 bridgehead atoms. The van der Waals surface area contributed by atoms with Crippen molar-refractivity contribution >= 4 is 5.91 Å². The van der Waals surface area contributed by atoms with Crippen molar-refractivity contribution in [2.45, 2.75) is 264 Å². The first-order valence-electron chi connectivity index (χ1n) is 32.9. The number of hydrogen-bond donors (Lipinski definition) is 2. The van der Waals surface area contributed by atoms with Crippen molar-refractivity contribution in [2.75, 3.05) is 6.61 Å². The van der Waals surface area contributed by atoms with Gasteiger partial charge in [0, 0.05) is 6.42 Å². The van der Waals surface area contributed by atoms with Crippen molar-refractivity contribution in [2.24, 2.45) is 5.41 Å². The van der Waals surface area contributed by atoms with Gasteiger partial charge in [0.15, 0.2) is 0 Å². The summed E-state index contributed by atoms with van der Waals surface area (Å²) in [6.45, 7) is 3.63. The molecule has 78 heavy (non-hydrogen) atoms. The second kappa shape index (κ2) is 40.1. The second-order valence-electron chi connectivity index (χ2n) is 23.1. The summed E-state index contributed by atoms with van der Waals surface area (Å²) in [7, 11) is 0. The van der Waals surface area contributed by atoms with Gasteiger partial charge in [0.25, 0.3) is 0 Å². The van der Waals surface area contributed by atoms with Crippen LogP contribution in [0.3, 0.4) is 0 Å². The van der Waals surface area contributed by atoms with E-state index in [1.807, 2.05) is 91.0 Å². The van der Waals surface area contributed by atoms with Crippen LogP contribution in [0.1, 0.15) is 222 Å². The summed E-state index contributed by atoms with van der Waals surface area (Å²) in [5.41, 5.74) is 2.30. The Morgan fingerprint density at radius 2 is 0.897 bits per heavy atom. The third-order valence-corrected chi connectivity index (χ3v) is 14.8. The zero-order chi connectivity index (χ0) is 58.6. The molecule has 432 valence electrons. The van der Waals surface area contributed by atoms with Gasteiger partial charge in [0.05, 0.1) is 56.7 Å². The number of benzene rings is 4. The van der Waals surface area contributed by atoms with Crippen LogP contribution >= 0.6 is 0 Å². The summed E-state index contributed by atoms with van der Waals surface area (Å²) in [4.78, 5) is 14.1. The lowest BCUT2D eigenvalue weighted by molar-refractivity contribution is -0.274. The van der Waals surface area contributed by atoms with Gasteiger partial charge in [0.2, 0.25) is 5.91 Å². The molecule has 0 spiro atoms. The number of aliphatic hydroxyl groups is 1. The number of ether oxygens (including phenoxy) is 5. The minimum atomic E-state index is -1.26. The lowest BCUT2D eigenvalue weighted by atomic mass is 9.88. The molecule has 1 aliphatic heterocycles. The normalized spacial score (nSPS) is 20.9. The average molecular weight is 1080 g/mol. The predicted octanol–water partition coefficient (Wildman–Crippen LogP) is 17.3. The average Bonchev–Trinajstić information content (AvgIpc) is 3.62. The van der Waals surface area contributed by atoms with Gasteiger partial charge >= 0.3 is 0 Å². The van der Waals surface area contributed by atoms with Crippen molar-refractivity contribution in [3.8, 4) is 0 Å². The Balaban J connectivity index is 1.25. The van der Waals surface area contributed by atoms with Gasteiger partial charge in [-0.3, -0.25) is 4.79 Å². The molecular weight excluding hydrogens is 967 g/mol. The summed E-state index contributed by atoms with van der Waals surface area (Å²) < 4.78 is 70.9. The number of aliphatic hydroxyl groups excluding tert-OH is 1. The van der Waals surface area contributed by atoms with Crippen molar-refractivity contribution in [1.29, 1.82) is 0 Å². The summed E-state index contributed by atoms with van der Waals surface area (Å²) in [6.07, 6.45) is 28.0. The standard InChI is InChI=1S/C70H105NO7/c1-5-6-7-8-9-10-11-12-13-14-15-16-17-18-19-20-21-22-23-24-25-26-39-50-66(73)71-62(63(72)49-40-51-70(2,3)4)52-64-67(75-54-59-43-33-28-34-44-59)69(77-56-61-47-37-30-38-48-61)68(76-55-60-45-35-29-36-46-60)65(78-64)57-74-53-58-41-31-27-32-42-58/h27-38,40-49,62-65,67-69,72H,5-26,39,50-57H2,1-4H3,(H,71,73)/t62-,63+,64?,65+,67-,68-,69+/m0/s1/i53D,54D,55D,56D/t53?,54?,55?,56?,62-,63+,64?,65+,67-,68-,69+. The third-order valence-electron chi connectivity index (χ3n) is 14.8. The van der Waals surface area contributed by atoms with Crippen LogP contribution in [0.15, 0.2) is 133 Å². The Bertz CT molecular complexity index is 2240. The van der Waals surface area contributed by atoms with E-state index in [1.165, 1.54) is 122 Å². The molecule has 8 heteroatoms. The van der Waals surface area contributed by atoms with Gasteiger partial charge in [-0.1, -0.05) is 302 Å². The van der Waals surface area contributed by atoms with Crippen LogP contribution in [-0.2, 0) is 54.8 Å². The first-order chi connectivity index (χ1) is 39.8. The first-order valence-corrected chi connectivity index (χ1v) is 30.6. The van der Waals surface area contributed by atoms with Crippen LogP contribution in [0.5, 0.6) is 0 Å². The Morgan fingerprint density at radius 3 is 1.29 bits per heavy atom. The molecule has 11 atom stereocenters. The number of carbonyl (C=O) groups excluding carboxylic acids is 1. The quantitative estimate of drug-likeness (QED) is 0.0337. The van der Waals surface area contributed by atoms with Crippen molar-refractivity contribution in [3.05, 3.63) is 156 Å². The highest BCUT2D eigenvalue weighted by molar-refractivity contribution is 5.76. The molecule has 0 radical (unpaired) electrons. The fraction of sp³-hybridized carbons (Fsp3) is 0.614. The van der Waals surface area contributed by atoms with Crippen LogP contribution < -0.4 is 5.32 Å². The maximum absolute atomic E-state index is 14.1. The molecule has 0 aliphatic carbocycles. The number of nitrogens with one attached hydrogen (secondary N) is 1. The van der Waals surface area contributed by atoms with E-state index in [0.717, 1.165) is 25.7 Å². The van der Waals surface area contributed by atoms with Crippen LogP contribution in [0.4, 0.5) is 0 Å². The van der Waals surface area contributed by atoms with E-state index in [-0.39, 0.29) is 24.3 Å². The van der Waals surface area contributed by atoms with E-state index in [2.05, 4.69) is 33.0 Å². The molecule has 1 heterocycles. The van der Waals surface area contributed by atoms with Gasteiger partial charge in [0.1, 0.15) is 24.4 Å². The van der Waals surface area contributed by atoms with Crippen LogP contribution in [-0.4, -0.2) is 60.3 Å². The highest BCUT2D eigenvalue weighted by Gasteiger charge is 2.49. The topological polar surface area (TPSA) is 95.5 Å². The largest absolute Gasteiger partial charge is 0.387 e. The zero-order valence-corrected chi connectivity index (χ0v) is 48.5. The van der Waals surface area contributed by atoms with Crippen LogP contribution in [0, 0.1) is 5.41 Å². The first kappa shape index (κ1) is 58.5. The number of allylic oxidation sites excluding steroid dienone is 1. The molecule has 1 aliphatic rings. The van der Waals surface area contributed by atoms with E-state index in [4.69, 9.17) is 25.1 Å². The van der Waals surface area contributed by atoms with Crippen LogP contribution in [0.2, 0.25) is 0 Å². The molecular formula is C70H105NO7. The van der Waals surface area contributed by atoms with E-state index >= 15 is 0 Å². The predicted molar refractivity (Wildman–Crippen MR) is 322 cm³/mol. The minimum Gasteiger partial charge on any atom is -0.387 e. The molecule has 1 fully saturated rings. The zero-order valence-electron chi connectivity index (χ0n) is 52.5. The van der Waals surface area contributed by atoms with Gasteiger partial charge in [-0.2, -0.15) is 0 Å². The summed E-state index contributed by atoms with van der Waals surface area (Å²) >= 11 is 0. The van der Waals surface area contributed by atoms with Crippen LogP contribution in [0.25, 0.3) is 0 Å². The van der Waals surface area contributed by atoms with Crippen molar-refractivity contribution in [1.82, 2.24) is 5.32 Å². The van der Waals surface area contributed by atoms with Gasteiger partial charge < -0.3 is 34.1 Å². The van der Waals surface area contributed by atoms with E-state index in [1.54, 1.807) is 42.5 Å². The number of amides is 1. The van der Waals surface area contributed by atoms with Crippen molar-refractivity contribution in [3.63, 3.8) is 0 Å². The Labute approximate surface area is 479 Å². The summed E-state index contributed by atoms with van der Waals surface area (Å²) in [5, 5.41) is 15.3. The van der Waals surface area contributed by atoms with E-state index in [9.17, 15) is 14.0 Å². The number of rotatable bonds is 43. The number of unbranched alkanes of at least 4 members (excludes halogenated alkanes) is 22. The number of hydrogen-bond acceptors (Lipinski definition) is 7. The highest BCUT2D eigenvalue weighted by Crippen LogP contribution is 2.34. The molecule has 1 saturated heterocycles. The smallest absolute Gasteiger partial charge is 0.220 e. The number of carbonyl (C=O) groups is 1. The lowest BCUT2D eigenvalue weighted by Gasteiger charge is -2.47. The molecule has 0 aromatic heterocycles. The Kier molecular flexibility index (Phi) is 30.1. The molecule has 5 unspecified atom stereocenters. The lowest BCUT2D eigenvalue weighted by Crippen LogP contribution is -2.62. The molecule has 0 saturated carbocycles. The highest BCUT2D eigenvalue weighted by atomic mass is 16.6. The summed E-state index contributed by atoms with van der Waals surface area (Å²) in [6, 6.07) is 35.7. The fourth-order valence-corrected chi connectivity index (χ4v) is 10.2. The monoisotopic (exact) mass is 1080 g/mol. The molecule has 4 aromatic rings. The summed E-state index contributed by atoms with van der Waals surface area (Å²) in [5.74, 6) is -0.184. The maximum Gasteiger partial charge on any atom is 0.220 e. The minimum absolute atomic E-state index is 0.0153. The molecule has 2 N–H and O–H groups in total. The SMILES string of the molecule is [2H]C(OC[C@H]1OC(C[C@H](NC(=O)CCCCCCCCCCCCCCCCCCCCCCCCC)[C@H](O)C=CCC(C)(C)C)[C@H](OC([2H])c2ccccc2)[C@@H](OC([2H])c2ccccc2)[C@H]1OC([2H])c1ccccc1)c1ccccc1. The second-order valence-corrected chi connectivity index (χ2v) is 23.1. The molecule has 4 aromatic carbocycles. The maximum atomic E-state index is 14.1. The van der Waals surface area contributed by atoms with Gasteiger partial charge in [-0.05, 0) is 46.9 Å². The Morgan fingerprint density at radius 1 is 0.538 bits per heavy atom. The Hall–Kier alpha value is -4.15. The molecule has 5 rings (SSSR count). The fourth-order valence-electron chi connectivity index (χ4n) is 10.2. The van der Waals surface area contributed by atoms with Gasteiger partial charge in [-0.15, -0.1) is 0 Å². The molecule has 1 amide bonds. The third kappa shape index (κ3) is 28.3. The molecule has 8 nitrogen and oxygen atoms in total. The van der Waals surface area contributed by atoms with Crippen molar-refractivity contribution < 1.29 is 39.1 Å². The van der Waals surface area contributed by atoms with E-state index in [0.29, 0.717) is 35.1 Å². The van der Waals surface area contributed by atoms with Gasteiger partial charge in [-0.25, -0.2) is 0 Å². The van der Waals surface area contributed by atoms with E-state index < -0.39 is 69.0 Å².